The standard InChI is InChI=1S/C19H20O2S/c1-2-3-10-21-17-9-8-15(11-16(17)13-20)19-12-14-6-4-5-7-18(14)22-19/h4,6,8-9,11-13H,2-3,5,7,10H2,1H3. The maximum absolute atomic E-state index is 11.4. The van der Waals surface area contributed by atoms with Crippen LogP contribution in [0.5, 0.6) is 5.75 Å². The van der Waals surface area contributed by atoms with Crippen LogP contribution in [0.1, 0.15) is 47.0 Å². The van der Waals surface area contributed by atoms with E-state index in [1.54, 1.807) is 0 Å². The number of fused-ring (bicyclic) bond motifs is 1. The molecule has 1 aliphatic carbocycles. The average Bonchev–Trinajstić information content (AvgIpc) is 2.99. The highest BCUT2D eigenvalue weighted by molar-refractivity contribution is 7.15. The summed E-state index contributed by atoms with van der Waals surface area (Å²) in [5, 5.41) is 0. The molecule has 22 heavy (non-hydrogen) atoms. The van der Waals surface area contributed by atoms with Gasteiger partial charge in [-0.05, 0) is 54.7 Å². The van der Waals surface area contributed by atoms with E-state index in [1.165, 1.54) is 15.3 Å². The molecule has 0 fully saturated rings. The third kappa shape index (κ3) is 3.14. The highest BCUT2D eigenvalue weighted by Crippen LogP contribution is 2.36. The van der Waals surface area contributed by atoms with Crippen molar-refractivity contribution in [1.29, 1.82) is 0 Å². The summed E-state index contributed by atoms with van der Waals surface area (Å²) in [4.78, 5) is 14.0. The molecule has 0 unspecified atom stereocenters. The molecule has 2 nitrogen and oxygen atoms in total. The highest BCUT2D eigenvalue weighted by Gasteiger charge is 2.12. The van der Waals surface area contributed by atoms with E-state index in [1.807, 2.05) is 23.5 Å². The van der Waals surface area contributed by atoms with E-state index in [4.69, 9.17) is 4.74 Å². The fourth-order valence-electron chi connectivity index (χ4n) is 2.60. The molecular weight excluding hydrogens is 292 g/mol. The van der Waals surface area contributed by atoms with Crippen molar-refractivity contribution in [2.75, 3.05) is 6.61 Å². The number of ether oxygens (including phenoxy) is 1. The maximum atomic E-state index is 11.4. The van der Waals surface area contributed by atoms with Gasteiger partial charge in [0.1, 0.15) is 5.75 Å². The normalized spacial score (nSPS) is 13.0. The van der Waals surface area contributed by atoms with Crippen molar-refractivity contribution < 1.29 is 9.53 Å². The minimum atomic E-state index is 0.635. The Bertz CT molecular complexity index is 697. The van der Waals surface area contributed by atoms with Gasteiger partial charge in [0.05, 0.1) is 12.2 Å². The first kappa shape index (κ1) is 15.0. The first-order chi connectivity index (χ1) is 10.8. The van der Waals surface area contributed by atoms with Crippen molar-refractivity contribution in [2.24, 2.45) is 0 Å². The number of thiophene rings is 1. The fraction of sp³-hybridized carbons (Fsp3) is 0.316. The Labute approximate surface area is 135 Å². The molecule has 1 heterocycles. The third-order valence-corrected chi connectivity index (χ3v) is 5.11. The number of rotatable bonds is 6. The lowest BCUT2D eigenvalue weighted by Gasteiger charge is -2.09. The zero-order valence-corrected chi connectivity index (χ0v) is 13.6. The van der Waals surface area contributed by atoms with Gasteiger partial charge in [-0.1, -0.05) is 25.5 Å². The first-order valence-electron chi connectivity index (χ1n) is 7.83. The molecule has 1 aromatic heterocycles. The van der Waals surface area contributed by atoms with Crippen LogP contribution in [0, 0.1) is 0 Å². The molecule has 0 saturated heterocycles. The molecule has 3 rings (SSSR count). The van der Waals surface area contributed by atoms with Crippen LogP contribution in [0.25, 0.3) is 16.5 Å². The van der Waals surface area contributed by atoms with E-state index in [0.29, 0.717) is 17.9 Å². The van der Waals surface area contributed by atoms with Crippen molar-refractivity contribution in [2.45, 2.75) is 32.6 Å². The van der Waals surface area contributed by atoms with Gasteiger partial charge in [0, 0.05) is 9.75 Å². The Hall–Kier alpha value is -1.87. The molecule has 2 aromatic rings. The van der Waals surface area contributed by atoms with Crippen molar-refractivity contribution >= 4 is 23.7 Å². The summed E-state index contributed by atoms with van der Waals surface area (Å²) in [5.41, 5.74) is 3.05. The zero-order chi connectivity index (χ0) is 15.4. The zero-order valence-electron chi connectivity index (χ0n) is 12.8. The van der Waals surface area contributed by atoms with Crippen molar-refractivity contribution in [3.05, 3.63) is 46.3 Å². The Balaban J connectivity index is 1.86. The lowest BCUT2D eigenvalue weighted by molar-refractivity contribution is 0.111. The third-order valence-electron chi connectivity index (χ3n) is 3.85. The number of hydrogen-bond acceptors (Lipinski definition) is 3. The van der Waals surface area contributed by atoms with Gasteiger partial charge in [0.15, 0.2) is 6.29 Å². The molecule has 114 valence electrons. The average molecular weight is 312 g/mol. The molecule has 3 heteroatoms. The van der Waals surface area contributed by atoms with Gasteiger partial charge in [-0.25, -0.2) is 0 Å². The number of allylic oxidation sites excluding steroid dienone is 1. The number of benzene rings is 1. The van der Waals surface area contributed by atoms with Crippen LogP contribution in [0.2, 0.25) is 0 Å². The summed E-state index contributed by atoms with van der Waals surface area (Å²) < 4.78 is 5.70. The molecule has 0 spiro atoms. The van der Waals surface area contributed by atoms with E-state index >= 15 is 0 Å². The second-order valence-corrected chi connectivity index (χ2v) is 6.64. The molecule has 1 aliphatic rings. The smallest absolute Gasteiger partial charge is 0.153 e. The second-order valence-electron chi connectivity index (χ2n) is 5.50. The number of aldehydes is 1. The predicted molar refractivity (Wildman–Crippen MR) is 92.9 cm³/mol. The number of hydrogen-bond donors (Lipinski definition) is 0. The number of unbranched alkanes of at least 4 members (excludes halogenated alkanes) is 1. The van der Waals surface area contributed by atoms with Gasteiger partial charge < -0.3 is 4.74 Å². The van der Waals surface area contributed by atoms with Gasteiger partial charge in [0.25, 0.3) is 0 Å². The number of carbonyl (C=O) groups excluding carboxylic acids is 1. The van der Waals surface area contributed by atoms with E-state index in [0.717, 1.165) is 37.5 Å². The summed E-state index contributed by atoms with van der Waals surface area (Å²) in [6, 6.07) is 8.13. The van der Waals surface area contributed by atoms with Crippen LogP contribution >= 0.6 is 11.3 Å². The topological polar surface area (TPSA) is 26.3 Å². The van der Waals surface area contributed by atoms with Crippen LogP contribution in [-0.2, 0) is 6.42 Å². The SMILES string of the molecule is CCCCOc1ccc(-c2cc3c(s2)CCC=C3)cc1C=O. The van der Waals surface area contributed by atoms with E-state index < -0.39 is 0 Å². The molecule has 0 bridgehead atoms. The van der Waals surface area contributed by atoms with Crippen LogP contribution in [0.15, 0.2) is 30.3 Å². The van der Waals surface area contributed by atoms with E-state index in [-0.39, 0.29) is 0 Å². The molecule has 0 amide bonds. The molecule has 0 N–H and O–H groups in total. The Kier molecular flexibility index (Phi) is 4.74. The Morgan fingerprint density at radius 2 is 2.23 bits per heavy atom. The minimum absolute atomic E-state index is 0.635. The molecular formula is C19H20O2S. The van der Waals surface area contributed by atoms with Gasteiger partial charge >= 0.3 is 0 Å². The van der Waals surface area contributed by atoms with Crippen LogP contribution in [0.3, 0.4) is 0 Å². The second kappa shape index (κ2) is 6.93. The molecule has 0 atom stereocenters. The van der Waals surface area contributed by atoms with Crippen LogP contribution in [-0.4, -0.2) is 12.9 Å². The van der Waals surface area contributed by atoms with Crippen LogP contribution < -0.4 is 4.74 Å². The summed E-state index contributed by atoms with van der Waals surface area (Å²) >= 11 is 1.83. The fourth-order valence-corrected chi connectivity index (χ4v) is 3.76. The molecule has 1 aromatic carbocycles. The van der Waals surface area contributed by atoms with Gasteiger partial charge in [-0.2, -0.15) is 0 Å². The minimum Gasteiger partial charge on any atom is -0.493 e. The molecule has 0 aliphatic heterocycles. The van der Waals surface area contributed by atoms with E-state index in [2.05, 4.69) is 31.2 Å². The van der Waals surface area contributed by atoms with Crippen molar-refractivity contribution in [3.63, 3.8) is 0 Å². The monoisotopic (exact) mass is 312 g/mol. The van der Waals surface area contributed by atoms with Crippen LogP contribution in [0.4, 0.5) is 0 Å². The number of carbonyl (C=O) groups is 1. The summed E-state index contributed by atoms with van der Waals surface area (Å²) in [6.07, 6.45) is 9.64. The van der Waals surface area contributed by atoms with Crippen molar-refractivity contribution in [1.82, 2.24) is 0 Å². The summed E-state index contributed by atoms with van der Waals surface area (Å²) in [5.74, 6) is 0.688. The predicted octanol–water partition coefficient (Wildman–Crippen LogP) is 5.37. The van der Waals surface area contributed by atoms with E-state index in [9.17, 15) is 4.79 Å². The summed E-state index contributed by atoms with van der Waals surface area (Å²) in [7, 11) is 0. The maximum Gasteiger partial charge on any atom is 0.153 e. The lowest BCUT2D eigenvalue weighted by atomic mass is 10.0. The molecule has 0 radical (unpaired) electrons. The first-order valence-corrected chi connectivity index (χ1v) is 8.65. The lowest BCUT2D eigenvalue weighted by Crippen LogP contribution is -1.99. The van der Waals surface area contributed by atoms with Gasteiger partial charge in [-0.3, -0.25) is 4.79 Å². The summed E-state index contributed by atoms with van der Waals surface area (Å²) in [6.45, 7) is 2.79. The molecule has 0 saturated carbocycles. The Morgan fingerprint density at radius 3 is 3.00 bits per heavy atom. The van der Waals surface area contributed by atoms with Gasteiger partial charge in [0.2, 0.25) is 0 Å². The Morgan fingerprint density at radius 1 is 1.32 bits per heavy atom. The van der Waals surface area contributed by atoms with Gasteiger partial charge in [-0.15, -0.1) is 11.3 Å². The highest BCUT2D eigenvalue weighted by atomic mass is 32.1. The largest absolute Gasteiger partial charge is 0.493 e. The van der Waals surface area contributed by atoms with Crippen molar-refractivity contribution in [3.8, 4) is 16.2 Å². The quantitative estimate of drug-likeness (QED) is 0.530. The number of aryl methyl sites for hydroxylation is 1.